The summed E-state index contributed by atoms with van der Waals surface area (Å²) in [5.41, 5.74) is 2.85. The Hall–Kier alpha value is -0.900. The molecule has 1 aromatic heterocycles. The van der Waals surface area contributed by atoms with Crippen molar-refractivity contribution in [3.8, 4) is 0 Å². The van der Waals surface area contributed by atoms with Crippen LogP contribution in [-0.4, -0.2) is 16.9 Å². The molecule has 2 aliphatic carbocycles. The van der Waals surface area contributed by atoms with E-state index in [-0.39, 0.29) is 5.91 Å². The minimum absolute atomic E-state index is 0.110. The third-order valence-corrected chi connectivity index (χ3v) is 4.88. The van der Waals surface area contributed by atoms with E-state index in [9.17, 15) is 4.79 Å². The lowest BCUT2D eigenvalue weighted by Gasteiger charge is -2.27. The van der Waals surface area contributed by atoms with Gasteiger partial charge in [-0.05, 0) is 31.6 Å². The van der Waals surface area contributed by atoms with Gasteiger partial charge in [0.15, 0.2) is 0 Å². The summed E-state index contributed by atoms with van der Waals surface area (Å²) in [5.74, 6) is 1.41. The molecule has 0 radical (unpaired) electrons. The number of amides is 1. The van der Waals surface area contributed by atoms with Crippen molar-refractivity contribution in [1.29, 1.82) is 0 Å². The average molecular weight is 264 g/mol. The van der Waals surface area contributed by atoms with E-state index in [0.29, 0.717) is 12.0 Å². The summed E-state index contributed by atoms with van der Waals surface area (Å²) >= 11 is 1.49. The summed E-state index contributed by atoms with van der Waals surface area (Å²) < 4.78 is 0. The topological polar surface area (TPSA) is 42.0 Å². The molecule has 2 aliphatic rings. The van der Waals surface area contributed by atoms with Crippen LogP contribution in [0.3, 0.4) is 0 Å². The van der Waals surface area contributed by atoms with Crippen LogP contribution >= 0.6 is 11.3 Å². The van der Waals surface area contributed by atoms with Gasteiger partial charge in [0.1, 0.15) is 4.88 Å². The van der Waals surface area contributed by atoms with Gasteiger partial charge in [-0.15, -0.1) is 11.3 Å². The van der Waals surface area contributed by atoms with Crippen LogP contribution in [0.1, 0.15) is 66.7 Å². The number of carbonyl (C=O) groups is 1. The van der Waals surface area contributed by atoms with E-state index in [1.54, 1.807) is 0 Å². The van der Waals surface area contributed by atoms with Crippen LogP contribution in [0.15, 0.2) is 5.51 Å². The van der Waals surface area contributed by atoms with Gasteiger partial charge in [0.25, 0.3) is 5.91 Å². The number of thiazole rings is 1. The number of hydrogen-bond acceptors (Lipinski definition) is 3. The highest BCUT2D eigenvalue weighted by Crippen LogP contribution is 2.41. The Bertz CT molecular complexity index is 439. The number of carbonyl (C=O) groups excluding carboxylic acids is 1. The van der Waals surface area contributed by atoms with Crippen LogP contribution < -0.4 is 5.32 Å². The molecule has 1 N–H and O–H groups in total. The van der Waals surface area contributed by atoms with Crippen molar-refractivity contribution in [3.63, 3.8) is 0 Å². The number of nitrogens with zero attached hydrogens (tertiary/aromatic N) is 1. The van der Waals surface area contributed by atoms with Crippen LogP contribution in [-0.2, 0) is 0 Å². The molecule has 1 amide bonds. The van der Waals surface area contributed by atoms with Gasteiger partial charge in [-0.25, -0.2) is 4.98 Å². The molecule has 2 fully saturated rings. The minimum Gasteiger partial charge on any atom is -0.349 e. The van der Waals surface area contributed by atoms with Crippen molar-refractivity contribution in [3.05, 3.63) is 16.1 Å². The maximum Gasteiger partial charge on any atom is 0.263 e. The van der Waals surface area contributed by atoms with Crippen LogP contribution in [0.4, 0.5) is 0 Å². The second kappa shape index (κ2) is 5.00. The molecule has 0 aromatic carbocycles. The van der Waals surface area contributed by atoms with Crippen molar-refractivity contribution >= 4 is 17.2 Å². The second-order valence-electron chi connectivity index (χ2n) is 5.78. The van der Waals surface area contributed by atoms with Crippen molar-refractivity contribution in [2.75, 3.05) is 0 Å². The molecule has 1 aromatic rings. The highest BCUT2D eigenvalue weighted by molar-refractivity contribution is 7.11. The van der Waals surface area contributed by atoms with E-state index < -0.39 is 0 Å². The first-order chi connectivity index (χ1) is 8.74. The number of hydrogen-bond donors (Lipinski definition) is 1. The van der Waals surface area contributed by atoms with Crippen LogP contribution in [0.5, 0.6) is 0 Å². The van der Waals surface area contributed by atoms with E-state index in [1.165, 1.54) is 37.0 Å². The number of rotatable bonds is 3. The second-order valence-corrected chi connectivity index (χ2v) is 6.64. The van der Waals surface area contributed by atoms with Crippen LogP contribution in [0.2, 0.25) is 0 Å². The zero-order valence-corrected chi connectivity index (χ0v) is 11.6. The van der Waals surface area contributed by atoms with Gasteiger partial charge >= 0.3 is 0 Å². The lowest BCUT2D eigenvalue weighted by atomic mass is 9.87. The standard InChI is InChI=1S/C14H20N2OS/c1-9-3-2-4-11(7-9)16-14(17)13-12(10-5-6-10)15-8-18-13/h8-11H,2-7H2,1H3,(H,16,17). The lowest BCUT2D eigenvalue weighted by molar-refractivity contribution is 0.0924. The van der Waals surface area contributed by atoms with Crippen LogP contribution in [0, 0.1) is 5.92 Å². The third kappa shape index (κ3) is 2.58. The monoisotopic (exact) mass is 264 g/mol. The third-order valence-electron chi connectivity index (χ3n) is 4.04. The van der Waals surface area contributed by atoms with Crippen molar-refractivity contribution in [2.45, 2.75) is 57.4 Å². The molecular weight excluding hydrogens is 244 g/mol. The quantitative estimate of drug-likeness (QED) is 0.910. The van der Waals surface area contributed by atoms with Crippen LogP contribution in [0.25, 0.3) is 0 Å². The predicted octanol–water partition coefficient (Wildman–Crippen LogP) is 3.33. The van der Waals surface area contributed by atoms with Crippen molar-refractivity contribution in [1.82, 2.24) is 10.3 Å². The molecule has 2 atom stereocenters. The van der Waals surface area contributed by atoms with Gasteiger partial charge in [0.2, 0.25) is 0 Å². The molecule has 0 bridgehead atoms. The van der Waals surface area contributed by atoms with E-state index in [1.807, 2.05) is 5.51 Å². The van der Waals surface area contributed by atoms with Gasteiger partial charge in [-0.1, -0.05) is 19.8 Å². The summed E-state index contributed by atoms with van der Waals surface area (Å²) in [6.45, 7) is 2.28. The molecule has 0 aliphatic heterocycles. The van der Waals surface area contributed by atoms with Gasteiger partial charge in [0, 0.05) is 12.0 Å². The Morgan fingerprint density at radius 2 is 2.22 bits per heavy atom. The average Bonchev–Trinajstić information content (AvgIpc) is 3.06. The molecule has 0 spiro atoms. The first-order valence-corrected chi connectivity index (χ1v) is 7.86. The zero-order chi connectivity index (χ0) is 12.5. The largest absolute Gasteiger partial charge is 0.349 e. The maximum absolute atomic E-state index is 12.3. The Balaban J connectivity index is 1.65. The first-order valence-electron chi connectivity index (χ1n) is 6.98. The molecule has 3 nitrogen and oxygen atoms in total. The van der Waals surface area contributed by atoms with Crippen molar-refractivity contribution < 1.29 is 4.79 Å². The van der Waals surface area contributed by atoms with Gasteiger partial charge in [-0.2, -0.15) is 0 Å². The molecule has 4 heteroatoms. The van der Waals surface area contributed by atoms with E-state index in [4.69, 9.17) is 0 Å². The summed E-state index contributed by atoms with van der Waals surface area (Å²) in [5, 5.41) is 3.21. The molecule has 0 saturated heterocycles. The van der Waals surface area contributed by atoms with E-state index >= 15 is 0 Å². The Morgan fingerprint density at radius 3 is 2.94 bits per heavy atom. The Labute approximate surface area is 112 Å². The van der Waals surface area contributed by atoms with Crippen molar-refractivity contribution in [2.24, 2.45) is 5.92 Å². The fourth-order valence-electron chi connectivity index (χ4n) is 2.89. The summed E-state index contributed by atoms with van der Waals surface area (Å²) in [6, 6.07) is 0.371. The Morgan fingerprint density at radius 1 is 1.39 bits per heavy atom. The SMILES string of the molecule is CC1CCCC(NC(=O)c2scnc2C2CC2)C1. The number of aromatic nitrogens is 1. The molecule has 1 heterocycles. The maximum atomic E-state index is 12.3. The molecule has 18 heavy (non-hydrogen) atoms. The normalized spacial score (nSPS) is 28.1. The highest BCUT2D eigenvalue weighted by atomic mass is 32.1. The lowest BCUT2D eigenvalue weighted by Crippen LogP contribution is -2.38. The summed E-state index contributed by atoms with van der Waals surface area (Å²) in [6.07, 6.45) is 7.20. The van der Waals surface area contributed by atoms with E-state index in [2.05, 4.69) is 17.2 Å². The molecule has 2 unspecified atom stereocenters. The molecular formula is C14H20N2OS. The van der Waals surface area contributed by atoms with Gasteiger partial charge in [-0.3, -0.25) is 4.79 Å². The summed E-state index contributed by atoms with van der Waals surface area (Å²) in [7, 11) is 0. The van der Waals surface area contributed by atoms with Gasteiger partial charge < -0.3 is 5.32 Å². The summed E-state index contributed by atoms with van der Waals surface area (Å²) in [4.78, 5) is 17.5. The molecule has 2 saturated carbocycles. The fraction of sp³-hybridized carbons (Fsp3) is 0.714. The Kier molecular flexibility index (Phi) is 3.37. The van der Waals surface area contributed by atoms with Gasteiger partial charge in [0.05, 0.1) is 11.2 Å². The highest BCUT2D eigenvalue weighted by Gasteiger charge is 2.31. The molecule has 3 rings (SSSR count). The predicted molar refractivity (Wildman–Crippen MR) is 73.0 cm³/mol. The number of nitrogens with one attached hydrogen (secondary N) is 1. The fourth-order valence-corrected chi connectivity index (χ4v) is 3.67. The molecule has 98 valence electrons. The van der Waals surface area contributed by atoms with E-state index in [0.717, 1.165) is 29.3 Å². The zero-order valence-electron chi connectivity index (χ0n) is 10.8. The minimum atomic E-state index is 0.110. The smallest absolute Gasteiger partial charge is 0.263 e. The first kappa shape index (κ1) is 12.2.